The molecule has 8 nitrogen and oxygen atoms in total. The van der Waals surface area contributed by atoms with E-state index in [2.05, 4.69) is 41.5 Å². The van der Waals surface area contributed by atoms with Gasteiger partial charge in [-0.25, -0.2) is 14.6 Å². The fourth-order valence-electron chi connectivity index (χ4n) is 2.82. The molecular weight excluding hydrogens is 448 g/mol. The van der Waals surface area contributed by atoms with Crippen molar-refractivity contribution >= 4 is 46.1 Å². The summed E-state index contributed by atoms with van der Waals surface area (Å²) in [6.07, 6.45) is 2.82. The fourth-order valence-corrected chi connectivity index (χ4v) is 3.64. The minimum Gasteiger partial charge on any atom is -0.484 e. The molecule has 0 unspecified atom stereocenters. The number of aromatic nitrogens is 4. The van der Waals surface area contributed by atoms with Gasteiger partial charge in [-0.3, -0.25) is 4.79 Å². The van der Waals surface area contributed by atoms with Crippen LogP contribution in [0, 0.1) is 5.92 Å². The summed E-state index contributed by atoms with van der Waals surface area (Å²) >= 11 is 7.48. The van der Waals surface area contributed by atoms with Crippen molar-refractivity contribution in [2.75, 3.05) is 30.8 Å². The lowest BCUT2D eigenvalue weighted by Crippen LogP contribution is -2.31. The third kappa shape index (κ3) is 7.00. The molecule has 32 heavy (non-hydrogen) atoms. The van der Waals surface area contributed by atoms with Gasteiger partial charge >= 0.3 is 0 Å². The van der Waals surface area contributed by atoms with Gasteiger partial charge < -0.3 is 15.4 Å². The highest BCUT2D eigenvalue weighted by Crippen LogP contribution is 2.25. The summed E-state index contributed by atoms with van der Waals surface area (Å²) in [4.78, 5) is 21.5. The average molecular weight is 477 g/mol. The molecule has 0 saturated heterocycles. The largest absolute Gasteiger partial charge is 0.484 e. The van der Waals surface area contributed by atoms with Gasteiger partial charge in [0.15, 0.2) is 17.4 Å². The number of hydrogen-bond donors (Lipinski definition) is 2. The lowest BCUT2D eigenvalue weighted by atomic mass is 10.2. The molecule has 2 aromatic heterocycles. The van der Waals surface area contributed by atoms with Gasteiger partial charge in [-0.05, 0) is 36.6 Å². The molecule has 3 rings (SSSR count). The van der Waals surface area contributed by atoms with Crippen molar-refractivity contribution < 1.29 is 9.53 Å². The number of nitrogens with zero attached hydrogens (tertiary/aromatic N) is 4. The number of hydrogen-bond acceptors (Lipinski definition) is 7. The Morgan fingerprint density at radius 3 is 2.75 bits per heavy atom. The molecule has 172 valence electrons. The summed E-state index contributed by atoms with van der Waals surface area (Å²) in [6.45, 7) is 8.10. The number of benzene rings is 1. The molecule has 0 atom stereocenters. The zero-order chi connectivity index (χ0) is 22.9. The number of carbonyl (C=O) groups is 1. The zero-order valence-electron chi connectivity index (χ0n) is 18.6. The maximum Gasteiger partial charge on any atom is 0.258 e. The van der Waals surface area contributed by atoms with Crippen LogP contribution in [-0.2, 0) is 11.3 Å². The van der Waals surface area contributed by atoms with Crippen LogP contribution in [0.1, 0.15) is 27.2 Å². The first-order valence-electron chi connectivity index (χ1n) is 10.7. The maximum atomic E-state index is 12.1. The average Bonchev–Trinajstić information content (AvgIpc) is 3.18. The summed E-state index contributed by atoms with van der Waals surface area (Å²) < 4.78 is 7.27. The molecule has 0 fully saturated rings. The molecule has 0 bridgehead atoms. The van der Waals surface area contributed by atoms with E-state index in [0.717, 1.165) is 40.7 Å². The van der Waals surface area contributed by atoms with Crippen molar-refractivity contribution in [1.82, 2.24) is 25.1 Å². The molecule has 2 N–H and O–H groups in total. The van der Waals surface area contributed by atoms with Crippen molar-refractivity contribution in [3.05, 3.63) is 35.5 Å². The van der Waals surface area contributed by atoms with Crippen LogP contribution in [0.4, 0.5) is 5.82 Å². The normalized spacial score (nSPS) is 11.2. The number of fused-ring (bicyclic) bond motifs is 1. The van der Waals surface area contributed by atoms with Gasteiger partial charge in [0.2, 0.25) is 0 Å². The number of thioether (sulfide) groups is 1. The Hall–Kier alpha value is -2.52. The molecule has 0 aliphatic heterocycles. The number of anilines is 1. The van der Waals surface area contributed by atoms with Crippen LogP contribution < -0.4 is 15.4 Å². The third-order valence-corrected chi connectivity index (χ3v) is 5.72. The Bertz CT molecular complexity index is 1030. The summed E-state index contributed by atoms with van der Waals surface area (Å²) in [5.41, 5.74) is 0.761. The molecular formula is C22H29ClN6O2S. The number of amides is 1. The van der Waals surface area contributed by atoms with Crippen molar-refractivity contribution in [3.63, 3.8) is 0 Å². The van der Waals surface area contributed by atoms with Crippen LogP contribution in [0.25, 0.3) is 11.0 Å². The highest BCUT2D eigenvalue weighted by molar-refractivity contribution is 7.99. The molecule has 3 aromatic rings. The second-order valence-electron chi connectivity index (χ2n) is 7.68. The van der Waals surface area contributed by atoms with E-state index in [9.17, 15) is 4.79 Å². The number of carbonyl (C=O) groups excluding carboxylic acids is 1. The van der Waals surface area contributed by atoms with E-state index in [-0.39, 0.29) is 12.5 Å². The SMILES string of the molecule is CCCSc1nc(NCC(C)C)c2cnn(CCNC(=O)COc3ccc(Cl)cc3)c2n1. The lowest BCUT2D eigenvalue weighted by molar-refractivity contribution is -0.123. The van der Waals surface area contributed by atoms with E-state index < -0.39 is 0 Å². The smallest absolute Gasteiger partial charge is 0.258 e. The monoisotopic (exact) mass is 476 g/mol. The van der Waals surface area contributed by atoms with Gasteiger partial charge in [0.25, 0.3) is 5.91 Å². The fraction of sp³-hybridized carbons (Fsp3) is 0.455. The Balaban J connectivity index is 1.61. The molecule has 10 heteroatoms. The Morgan fingerprint density at radius 2 is 2.03 bits per heavy atom. The van der Waals surface area contributed by atoms with Crippen molar-refractivity contribution in [2.45, 2.75) is 38.9 Å². The second-order valence-corrected chi connectivity index (χ2v) is 9.17. The van der Waals surface area contributed by atoms with Crippen LogP contribution >= 0.6 is 23.4 Å². The van der Waals surface area contributed by atoms with E-state index in [0.29, 0.717) is 29.8 Å². The van der Waals surface area contributed by atoms with Crippen molar-refractivity contribution in [2.24, 2.45) is 5.92 Å². The van der Waals surface area contributed by atoms with E-state index in [1.54, 1.807) is 46.9 Å². The summed E-state index contributed by atoms with van der Waals surface area (Å²) in [7, 11) is 0. The van der Waals surface area contributed by atoms with Crippen LogP contribution in [0.15, 0.2) is 35.6 Å². The third-order valence-electron chi connectivity index (χ3n) is 4.42. The van der Waals surface area contributed by atoms with Gasteiger partial charge in [0.05, 0.1) is 18.1 Å². The molecule has 0 radical (unpaired) electrons. The molecule has 0 spiro atoms. The highest BCUT2D eigenvalue weighted by atomic mass is 35.5. The molecule has 1 amide bonds. The zero-order valence-corrected chi connectivity index (χ0v) is 20.2. The van der Waals surface area contributed by atoms with Crippen LogP contribution in [0.2, 0.25) is 5.02 Å². The highest BCUT2D eigenvalue weighted by Gasteiger charge is 2.14. The number of halogens is 1. The van der Waals surface area contributed by atoms with E-state index in [1.165, 1.54) is 0 Å². The first-order valence-corrected chi connectivity index (χ1v) is 12.1. The predicted molar refractivity (Wildman–Crippen MR) is 130 cm³/mol. The number of nitrogens with one attached hydrogen (secondary N) is 2. The summed E-state index contributed by atoms with van der Waals surface area (Å²) in [5, 5.41) is 13.0. The first-order chi connectivity index (χ1) is 15.5. The Labute approximate surface area is 197 Å². The maximum absolute atomic E-state index is 12.1. The van der Waals surface area contributed by atoms with Crippen LogP contribution in [-0.4, -0.2) is 51.1 Å². The standard InChI is InChI=1S/C22H29ClN6O2S/c1-4-11-32-22-27-20(25-12-15(2)3)18-13-26-29(21(18)28-22)10-9-24-19(30)14-31-17-7-5-16(23)6-8-17/h5-8,13,15H,4,9-12,14H2,1-3H3,(H,24,30)(H,25,27,28). The number of ether oxygens (including phenoxy) is 1. The Kier molecular flexibility index (Phi) is 8.99. The molecule has 1 aromatic carbocycles. The summed E-state index contributed by atoms with van der Waals surface area (Å²) in [5.74, 6) is 2.64. The number of rotatable bonds is 12. The van der Waals surface area contributed by atoms with Gasteiger partial charge in [-0.15, -0.1) is 0 Å². The van der Waals surface area contributed by atoms with Gasteiger partial charge in [-0.1, -0.05) is 44.1 Å². The molecule has 0 aliphatic carbocycles. The van der Waals surface area contributed by atoms with Gasteiger partial charge in [0, 0.05) is 23.9 Å². The quantitative estimate of drug-likeness (QED) is 0.298. The van der Waals surface area contributed by atoms with Crippen molar-refractivity contribution in [1.29, 1.82) is 0 Å². The molecule has 0 aliphatic rings. The topological polar surface area (TPSA) is 94.0 Å². The van der Waals surface area contributed by atoms with Crippen LogP contribution in [0.3, 0.4) is 0 Å². The minimum absolute atomic E-state index is 0.0647. The van der Waals surface area contributed by atoms with Crippen LogP contribution in [0.5, 0.6) is 5.75 Å². The lowest BCUT2D eigenvalue weighted by Gasteiger charge is -2.11. The van der Waals surface area contributed by atoms with E-state index >= 15 is 0 Å². The first kappa shape index (κ1) is 24.1. The van der Waals surface area contributed by atoms with E-state index in [4.69, 9.17) is 21.3 Å². The molecule has 2 heterocycles. The summed E-state index contributed by atoms with van der Waals surface area (Å²) in [6, 6.07) is 6.89. The minimum atomic E-state index is -0.204. The van der Waals surface area contributed by atoms with E-state index in [1.807, 2.05) is 0 Å². The van der Waals surface area contributed by atoms with Gasteiger partial charge in [0.1, 0.15) is 11.6 Å². The van der Waals surface area contributed by atoms with Gasteiger partial charge in [-0.2, -0.15) is 5.10 Å². The molecule has 0 saturated carbocycles. The second kappa shape index (κ2) is 11.9. The van der Waals surface area contributed by atoms with Crippen molar-refractivity contribution in [3.8, 4) is 5.75 Å². The Morgan fingerprint density at radius 1 is 1.25 bits per heavy atom. The predicted octanol–water partition coefficient (Wildman–Crippen LogP) is 4.24.